The number of rotatable bonds is 2. The van der Waals surface area contributed by atoms with E-state index in [4.69, 9.17) is 28.4 Å². The van der Waals surface area contributed by atoms with Gasteiger partial charge in [-0.15, -0.1) is 0 Å². The predicted octanol–water partition coefficient (Wildman–Crippen LogP) is 1.66. The molecule has 2 atom stereocenters. The van der Waals surface area contributed by atoms with Crippen LogP contribution in [-0.4, -0.2) is 44.6 Å². The van der Waals surface area contributed by atoms with E-state index in [1.54, 1.807) is 18.2 Å². The van der Waals surface area contributed by atoms with Crippen LogP contribution in [0, 0.1) is 0 Å². The molecule has 0 saturated heterocycles. The molecule has 0 aromatic heterocycles. The third-order valence-electron chi connectivity index (χ3n) is 5.09. The van der Waals surface area contributed by atoms with Gasteiger partial charge in [0.2, 0.25) is 12.6 Å². The van der Waals surface area contributed by atoms with Gasteiger partial charge in [0.15, 0.2) is 34.7 Å². The van der Waals surface area contributed by atoms with Crippen molar-refractivity contribution in [2.24, 2.45) is 0 Å². The van der Waals surface area contributed by atoms with Gasteiger partial charge in [-0.25, -0.2) is 0 Å². The van der Waals surface area contributed by atoms with Gasteiger partial charge in [-0.05, 0) is 12.1 Å². The van der Waals surface area contributed by atoms with Crippen LogP contribution in [0.2, 0.25) is 0 Å². The Morgan fingerprint density at radius 2 is 1.67 bits per heavy atom. The number of hydrogen-bond donors (Lipinski definition) is 1. The highest BCUT2D eigenvalue weighted by Gasteiger charge is 2.56. The van der Waals surface area contributed by atoms with Crippen LogP contribution in [0.15, 0.2) is 24.3 Å². The fourth-order valence-electron chi connectivity index (χ4n) is 3.68. The van der Waals surface area contributed by atoms with E-state index >= 15 is 0 Å². The largest absolute Gasteiger partial charge is 0.493 e. The first-order chi connectivity index (χ1) is 13.1. The van der Waals surface area contributed by atoms with Crippen LogP contribution in [0.1, 0.15) is 15.9 Å². The molecule has 5 rings (SSSR count). The van der Waals surface area contributed by atoms with Crippen LogP contribution in [-0.2, 0) is 5.60 Å². The maximum atomic E-state index is 13.3. The highest BCUT2D eigenvalue weighted by atomic mass is 16.7. The normalized spacial score (nSPS) is 24.1. The molecule has 0 radical (unpaired) electrons. The van der Waals surface area contributed by atoms with E-state index in [2.05, 4.69) is 0 Å². The summed E-state index contributed by atoms with van der Waals surface area (Å²) in [5.74, 6) is 1.91. The second-order valence-corrected chi connectivity index (χ2v) is 6.42. The number of carbonyl (C=O) groups is 1. The Morgan fingerprint density at radius 3 is 2.41 bits per heavy atom. The van der Waals surface area contributed by atoms with E-state index in [1.807, 2.05) is 0 Å². The molecule has 3 aliphatic rings. The van der Waals surface area contributed by atoms with E-state index in [-0.39, 0.29) is 24.5 Å². The van der Waals surface area contributed by atoms with E-state index < -0.39 is 17.5 Å². The first-order valence-electron chi connectivity index (χ1n) is 8.33. The maximum absolute atomic E-state index is 13.3. The van der Waals surface area contributed by atoms with Crippen molar-refractivity contribution >= 4 is 5.78 Å². The van der Waals surface area contributed by atoms with Crippen LogP contribution in [0.3, 0.4) is 0 Å². The van der Waals surface area contributed by atoms with Crippen LogP contribution in [0.5, 0.6) is 34.5 Å². The molecule has 2 aromatic carbocycles. The molecule has 3 aliphatic heterocycles. The predicted molar refractivity (Wildman–Crippen MR) is 90.2 cm³/mol. The van der Waals surface area contributed by atoms with Crippen LogP contribution >= 0.6 is 0 Å². The van der Waals surface area contributed by atoms with Gasteiger partial charge < -0.3 is 33.5 Å². The highest BCUT2D eigenvalue weighted by molar-refractivity contribution is 6.07. The van der Waals surface area contributed by atoms with Gasteiger partial charge >= 0.3 is 0 Å². The highest BCUT2D eigenvalue weighted by Crippen LogP contribution is 2.51. The molecular formula is C19H16O8. The Balaban J connectivity index is 1.68. The third kappa shape index (κ3) is 2.04. The number of ether oxygens (including phenoxy) is 6. The molecule has 8 heteroatoms. The first kappa shape index (κ1) is 16.1. The summed E-state index contributed by atoms with van der Waals surface area (Å²) in [6.45, 7) is 0.0764. The molecule has 140 valence electrons. The first-order valence-corrected chi connectivity index (χ1v) is 8.33. The molecule has 0 aliphatic carbocycles. The molecule has 1 N–H and O–H groups in total. The molecule has 0 bridgehead atoms. The second-order valence-electron chi connectivity index (χ2n) is 6.42. The molecule has 0 spiro atoms. The van der Waals surface area contributed by atoms with Crippen molar-refractivity contribution in [3.8, 4) is 34.5 Å². The quantitative estimate of drug-likeness (QED) is 0.851. The fourth-order valence-corrected chi connectivity index (χ4v) is 3.68. The minimum Gasteiger partial charge on any atom is -0.493 e. The van der Waals surface area contributed by atoms with Gasteiger partial charge in [0.1, 0.15) is 18.1 Å². The number of Topliss-reactive ketones (excluding diaryl/α,β-unsaturated/α-hetero) is 1. The van der Waals surface area contributed by atoms with Crippen molar-refractivity contribution in [3.63, 3.8) is 0 Å². The SMILES string of the molecule is COc1cc2c(cc1OC)C(=O)[C@@]1(O)c3cc4c(cc3OC[C@H]1O2)OCO4. The lowest BCUT2D eigenvalue weighted by Crippen LogP contribution is -2.57. The summed E-state index contributed by atoms with van der Waals surface area (Å²) in [6.07, 6.45) is -0.913. The van der Waals surface area contributed by atoms with Crippen molar-refractivity contribution < 1.29 is 38.3 Å². The van der Waals surface area contributed by atoms with Gasteiger partial charge in [0.25, 0.3) is 0 Å². The van der Waals surface area contributed by atoms with Gasteiger partial charge in [0, 0.05) is 17.7 Å². The van der Waals surface area contributed by atoms with Crippen molar-refractivity contribution in [1.29, 1.82) is 0 Å². The number of hydrogen-bond acceptors (Lipinski definition) is 8. The molecule has 2 aromatic rings. The number of methoxy groups -OCH3 is 2. The number of carbonyl (C=O) groups excluding carboxylic acids is 1. The Kier molecular flexibility index (Phi) is 3.23. The van der Waals surface area contributed by atoms with E-state index in [0.29, 0.717) is 34.5 Å². The molecular weight excluding hydrogens is 356 g/mol. The molecule has 0 amide bonds. The zero-order valence-electron chi connectivity index (χ0n) is 14.6. The average molecular weight is 372 g/mol. The number of aliphatic hydroxyl groups is 1. The summed E-state index contributed by atoms with van der Waals surface area (Å²) >= 11 is 0. The molecule has 27 heavy (non-hydrogen) atoms. The van der Waals surface area contributed by atoms with Crippen LogP contribution in [0.25, 0.3) is 0 Å². The van der Waals surface area contributed by atoms with Crippen LogP contribution < -0.4 is 28.4 Å². The molecule has 0 saturated carbocycles. The lowest BCUT2D eigenvalue weighted by atomic mass is 9.77. The van der Waals surface area contributed by atoms with Crippen molar-refractivity contribution in [3.05, 3.63) is 35.4 Å². The average Bonchev–Trinajstić information content (AvgIpc) is 3.14. The zero-order valence-corrected chi connectivity index (χ0v) is 14.6. The minimum absolute atomic E-state index is 0.00265. The van der Waals surface area contributed by atoms with Gasteiger partial charge in [-0.1, -0.05) is 0 Å². The molecule has 0 unspecified atom stereocenters. The third-order valence-corrected chi connectivity index (χ3v) is 5.09. The Morgan fingerprint density at radius 1 is 0.963 bits per heavy atom. The van der Waals surface area contributed by atoms with Crippen LogP contribution in [0.4, 0.5) is 0 Å². The Hall–Kier alpha value is -3.13. The maximum Gasteiger partial charge on any atom is 0.231 e. The number of ketones is 1. The molecule has 0 fully saturated rings. The Labute approximate surface area is 154 Å². The van der Waals surface area contributed by atoms with E-state index in [0.717, 1.165) is 0 Å². The second kappa shape index (κ2) is 5.43. The number of benzene rings is 2. The van der Waals surface area contributed by atoms with E-state index in [1.165, 1.54) is 20.3 Å². The molecule has 8 nitrogen and oxygen atoms in total. The summed E-state index contributed by atoms with van der Waals surface area (Å²) in [5, 5.41) is 11.5. The Bertz CT molecular complexity index is 969. The fraction of sp³-hybridized carbons (Fsp3) is 0.316. The summed E-state index contributed by atoms with van der Waals surface area (Å²) < 4.78 is 32.9. The number of fused-ring (bicyclic) bond motifs is 5. The molecule has 3 heterocycles. The van der Waals surface area contributed by atoms with E-state index in [9.17, 15) is 9.90 Å². The van der Waals surface area contributed by atoms with Crippen molar-refractivity contribution in [2.45, 2.75) is 11.7 Å². The monoisotopic (exact) mass is 372 g/mol. The smallest absolute Gasteiger partial charge is 0.231 e. The van der Waals surface area contributed by atoms with Gasteiger partial charge in [-0.2, -0.15) is 0 Å². The van der Waals surface area contributed by atoms with Crippen molar-refractivity contribution in [2.75, 3.05) is 27.6 Å². The van der Waals surface area contributed by atoms with Gasteiger partial charge in [0.05, 0.1) is 19.8 Å². The lowest BCUT2D eigenvalue weighted by molar-refractivity contribution is -0.0799. The summed E-state index contributed by atoms with van der Waals surface area (Å²) in [7, 11) is 2.97. The minimum atomic E-state index is -1.92. The summed E-state index contributed by atoms with van der Waals surface area (Å²) in [6, 6.07) is 6.26. The summed E-state index contributed by atoms with van der Waals surface area (Å²) in [5.41, 5.74) is -1.42. The lowest BCUT2D eigenvalue weighted by Gasteiger charge is -2.43. The van der Waals surface area contributed by atoms with Gasteiger partial charge in [-0.3, -0.25) is 4.79 Å². The van der Waals surface area contributed by atoms with Crippen molar-refractivity contribution in [1.82, 2.24) is 0 Å². The zero-order chi connectivity index (χ0) is 18.8. The summed E-state index contributed by atoms with van der Waals surface area (Å²) in [4.78, 5) is 13.3. The topological polar surface area (TPSA) is 92.7 Å². The standard InChI is InChI=1S/C19H16O8/c1-22-13-3-9-11(5-14(13)23-2)27-17-7-24-12-6-16-15(25-8-26-16)4-10(12)19(17,21)18(9)20/h3-6,17,21H,7-8H2,1-2H3/t17-,19-/m1/s1.